The van der Waals surface area contributed by atoms with Crippen LogP contribution in [0.3, 0.4) is 0 Å². The zero-order chi connectivity index (χ0) is 13.2. The molecule has 0 saturated heterocycles. The number of halogens is 1. The molecule has 1 saturated carbocycles. The standard InChI is InChI=1S/C11H17BrN2O2S2/c12-9-4-7-17-10(9)18(15,16)14-8-11(13)5-2-1-3-6-11/h4,7,14H,1-3,5-6,8,13H2. The van der Waals surface area contributed by atoms with Gasteiger partial charge < -0.3 is 5.73 Å². The smallest absolute Gasteiger partial charge is 0.251 e. The van der Waals surface area contributed by atoms with E-state index in [-0.39, 0.29) is 5.54 Å². The number of hydrogen-bond acceptors (Lipinski definition) is 4. The van der Waals surface area contributed by atoms with Crippen LogP contribution >= 0.6 is 27.3 Å². The minimum atomic E-state index is -3.44. The molecule has 0 aromatic carbocycles. The van der Waals surface area contributed by atoms with Gasteiger partial charge in [-0.1, -0.05) is 19.3 Å². The van der Waals surface area contributed by atoms with E-state index in [4.69, 9.17) is 5.73 Å². The molecular formula is C11H17BrN2O2S2. The highest BCUT2D eigenvalue weighted by Crippen LogP contribution is 2.29. The number of rotatable bonds is 4. The first kappa shape index (κ1) is 14.5. The van der Waals surface area contributed by atoms with Crippen molar-refractivity contribution in [1.29, 1.82) is 0 Å². The lowest BCUT2D eigenvalue weighted by atomic mass is 9.83. The van der Waals surface area contributed by atoms with Crippen LogP contribution in [-0.4, -0.2) is 20.5 Å². The van der Waals surface area contributed by atoms with E-state index in [9.17, 15) is 8.42 Å². The molecule has 3 N–H and O–H groups in total. The summed E-state index contributed by atoms with van der Waals surface area (Å²) < 4.78 is 27.8. The van der Waals surface area contributed by atoms with Gasteiger partial charge in [0.05, 0.1) is 0 Å². The molecular weight excluding hydrogens is 336 g/mol. The highest BCUT2D eigenvalue weighted by molar-refractivity contribution is 9.10. The molecule has 2 rings (SSSR count). The van der Waals surface area contributed by atoms with Crippen molar-refractivity contribution in [3.8, 4) is 0 Å². The van der Waals surface area contributed by atoms with Gasteiger partial charge in [0.1, 0.15) is 4.21 Å². The van der Waals surface area contributed by atoms with Crippen LogP contribution in [0, 0.1) is 0 Å². The van der Waals surface area contributed by atoms with Crippen molar-refractivity contribution in [3.63, 3.8) is 0 Å². The van der Waals surface area contributed by atoms with Crippen molar-refractivity contribution in [2.45, 2.75) is 41.9 Å². The summed E-state index contributed by atoms with van der Waals surface area (Å²) >= 11 is 4.45. The van der Waals surface area contributed by atoms with Gasteiger partial charge in [0.15, 0.2) is 0 Å². The number of thiophene rings is 1. The predicted molar refractivity (Wildman–Crippen MR) is 77.2 cm³/mol. The number of nitrogens with two attached hydrogens (primary N) is 1. The Morgan fingerprint density at radius 1 is 1.39 bits per heavy atom. The van der Waals surface area contributed by atoms with Crippen LogP contribution in [-0.2, 0) is 10.0 Å². The maximum absolute atomic E-state index is 12.1. The van der Waals surface area contributed by atoms with Crippen LogP contribution in [0.15, 0.2) is 20.1 Å². The fourth-order valence-corrected chi connectivity index (χ4v) is 5.73. The van der Waals surface area contributed by atoms with E-state index in [1.165, 1.54) is 17.8 Å². The highest BCUT2D eigenvalue weighted by Gasteiger charge is 2.30. The first-order chi connectivity index (χ1) is 8.43. The van der Waals surface area contributed by atoms with Gasteiger partial charge in [-0.25, -0.2) is 13.1 Å². The summed E-state index contributed by atoms with van der Waals surface area (Å²) in [6.45, 7) is 0.319. The van der Waals surface area contributed by atoms with Gasteiger partial charge in [-0.05, 0) is 40.2 Å². The maximum atomic E-state index is 12.1. The Morgan fingerprint density at radius 2 is 2.06 bits per heavy atom. The molecule has 0 atom stereocenters. The molecule has 1 aromatic rings. The molecule has 18 heavy (non-hydrogen) atoms. The summed E-state index contributed by atoms with van der Waals surface area (Å²) in [5.41, 5.74) is 5.84. The van der Waals surface area contributed by atoms with Crippen LogP contribution in [0.5, 0.6) is 0 Å². The first-order valence-electron chi connectivity index (χ1n) is 5.95. The fraction of sp³-hybridized carbons (Fsp3) is 0.636. The van der Waals surface area contributed by atoms with Crippen molar-refractivity contribution in [1.82, 2.24) is 4.72 Å². The van der Waals surface area contributed by atoms with Crippen molar-refractivity contribution >= 4 is 37.3 Å². The zero-order valence-corrected chi connectivity index (χ0v) is 13.2. The van der Waals surface area contributed by atoms with Crippen LogP contribution in [0.1, 0.15) is 32.1 Å². The molecule has 4 nitrogen and oxygen atoms in total. The van der Waals surface area contributed by atoms with Crippen LogP contribution in [0.2, 0.25) is 0 Å². The molecule has 0 amide bonds. The Labute approximate surface area is 120 Å². The lowest BCUT2D eigenvalue weighted by molar-refractivity contribution is 0.296. The quantitative estimate of drug-likeness (QED) is 0.873. The molecule has 1 heterocycles. The van der Waals surface area contributed by atoms with Crippen molar-refractivity contribution in [2.24, 2.45) is 5.73 Å². The monoisotopic (exact) mass is 352 g/mol. The number of sulfonamides is 1. The average Bonchev–Trinajstić information content (AvgIpc) is 2.75. The summed E-state index contributed by atoms with van der Waals surface area (Å²) in [5.74, 6) is 0. The van der Waals surface area contributed by atoms with E-state index in [1.54, 1.807) is 11.4 Å². The van der Waals surface area contributed by atoms with E-state index < -0.39 is 10.0 Å². The third-order valence-electron chi connectivity index (χ3n) is 3.29. The molecule has 1 fully saturated rings. The molecule has 1 aliphatic rings. The SMILES string of the molecule is NC1(CNS(=O)(=O)c2sccc2Br)CCCCC1. The molecule has 0 aliphatic heterocycles. The van der Waals surface area contributed by atoms with Gasteiger partial charge in [-0.2, -0.15) is 0 Å². The van der Waals surface area contributed by atoms with Gasteiger partial charge in [0, 0.05) is 16.6 Å². The fourth-order valence-electron chi connectivity index (χ4n) is 2.21. The molecule has 0 unspecified atom stereocenters. The summed E-state index contributed by atoms with van der Waals surface area (Å²) in [7, 11) is -3.44. The zero-order valence-electron chi connectivity index (χ0n) is 9.99. The molecule has 7 heteroatoms. The van der Waals surface area contributed by atoms with E-state index in [0.29, 0.717) is 15.2 Å². The number of hydrogen-bond donors (Lipinski definition) is 2. The van der Waals surface area contributed by atoms with Crippen molar-refractivity contribution in [3.05, 3.63) is 15.9 Å². The second kappa shape index (κ2) is 5.58. The Hall–Kier alpha value is 0.0500. The molecule has 102 valence electrons. The van der Waals surface area contributed by atoms with Gasteiger partial charge in [-0.15, -0.1) is 11.3 Å². The van der Waals surface area contributed by atoms with Crippen molar-refractivity contribution < 1.29 is 8.42 Å². The molecule has 1 aliphatic carbocycles. The summed E-state index contributed by atoms with van der Waals surface area (Å²) in [6.07, 6.45) is 5.15. The normalized spacial score (nSPS) is 19.9. The second-order valence-corrected chi connectivity index (χ2v) is 8.54. The minimum absolute atomic E-state index is 0.319. The molecule has 0 spiro atoms. The van der Waals surface area contributed by atoms with E-state index in [0.717, 1.165) is 25.7 Å². The van der Waals surface area contributed by atoms with Gasteiger partial charge in [0.2, 0.25) is 0 Å². The topological polar surface area (TPSA) is 72.2 Å². The summed E-state index contributed by atoms with van der Waals surface area (Å²) in [5, 5.41) is 1.75. The summed E-state index contributed by atoms with van der Waals surface area (Å²) in [4.78, 5) is 0. The Kier molecular flexibility index (Phi) is 4.48. The molecule has 0 bridgehead atoms. The van der Waals surface area contributed by atoms with E-state index in [1.807, 2.05) is 0 Å². The van der Waals surface area contributed by atoms with Gasteiger partial charge in [-0.3, -0.25) is 0 Å². The van der Waals surface area contributed by atoms with E-state index >= 15 is 0 Å². The Bertz CT molecular complexity index is 507. The Balaban J connectivity index is 2.03. The maximum Gasteiger partial charge on any atom is 0.251 e. The second-order valence-electron chi connectivity index (χ2n) is 4.80. The van der Waals surface area contributed by atoms with Crippen LogP contribution < -0.4 is 10.5 Å². The van der Waals surface area contributed by atoms with Crippen molar-refractivity contribution in [2.75, 3.05) is 6.54 Å². The average molecular weight is 353 g/mol. The van der Waals surface area contributed by atoms with Gasteiger partial charge >= 0.3 is 0 Å². The third kappa shape index (κ3) is 3.33. The molecule has 1 aromatic heterocycles. The third-order valence-corrected chi connectivity index (χ3v) is 7.36. The predicted octanol–water partition coefficient (Wildman–Crippen LogP) is 2.45. The number of nitrogens with one attached hydrogen (secondary N) is 1. The largest absolute Gasteiger partial charge is 0.324 e. The minimum Gasteiger partial charge on any atom is -0.324 e. The lowest BCUT2D eigenvalue weighted by Crippen LogP contribution is -2.51. The highest BCUT2D eigenvalue weighted by atomic mass is 79.9. The first-order valence-corrected chi connectivity index (χ1v) is 9.10. The van der Waals surface area contributed by atoms with E-state index in [2.05, 4.69) is 20.7 Å². The summed E-state index contributed by atoms with van der Waals surface area (Å²) in [6, 6.07) is 1.73. The van der Waals surface area contributed by atoms with Crippen LogP contribution in [0.25, 0.3) is 0 Å². The van der Waals surface area contributed by atoms with Gasteiger partial charge in [0.25, 0.3) is 10.0 Å². The lowest BCUT2D eigenvalue weighted by Gasteiger charge is -2.33. The Morgan fingerprint density at radius 3 is 2.61 bits per heavy atom. The molecule has 0 radical (unpaired) electrons. The van der Waals surface area contributed by atoms with Crippen LogP contribution in [0.4, 0.5) is 0 Å².